The Kier molecular flexibility index (Phi) is 5.49. The standard InChI is InChI=1S/C15H21N3O5/c1-11-12(10-19)9-13(17(20)21)15(14(11)18(22)23)16-7-5-3-2-4-6-8-16/h9,19H,2-8,10H2,1H3. The molecular weight excluding hydrogens is 302 g/mol. The number of nitrogens with zero attached hydrogens (tertiary/aromatic N) is 3. The smallest absolute Gasteiger partial charge is 0.302 e. The van der Waals surface area contributed by atoms with Crippen LogP contribution < -0.4 is 4.90 Å². The highest BCUT2D eigenvalue weighted by Gasteiger charge is 2.33. The van der Waals surface area contributed by atoms with Gasteiger partial charge in [-0.05, 0) is 25.3 Å². The molecule has 0 spiro atoms. The summed E-state index contributed by atoms with van der Waals surface area (Å²) in [5.41, 5.74) is 0.0340. The summed E-state index contributed by atoms with van der Waals surface area (Å²) in [4.78, 5) is 23.6. The Labute approximate surface area is 134 Å². The van der Waals surface area contributed by atoms with E-state index in [-0.39, 0.29) is 22.6 Å². The summed E-state index contributed by atoms with van der Waals surface area (Å²) in [5, 5.41) is 32.4. The Morgan fingerprint density at radius 1 is 1.09 bits per heavy atom. The zero-order chi connectivity index (χ0) is 17.0. The lowest BCUT2D eigenvalue weighted by molar-refractivity contribution is -0.393. The quantitative estimate of drug-likeness (QED) is 0.673. The summed E-state index contributed by atoms with van der Waals surface area (Å²) in [5.74, 6) is 0. The third-order valence-electron chi connectivity index (χ3n) is 4.34. The maximum atomic E-state index is 11.6. The number of hydrogen-bond donors (Lipinski definition) is 1. The van der Waals surface area contributed by atoms with E-state index in [0.29, 0.717) is 18.7 Å². The summed E-state index contributed by atoms with van der Waals surface area (Å²) < 4.78 is 0. The Morgan fingerprint density at radius 2 is 1.65 bits per heavy atom. The van der Waals surface area contributed by atoms with Crippen LogP contribution in [0.3, 0.4) is 0 Å². The maximum absolute atomic E-state index is 11.6. The first-order valence-electron chi connectivity index (χ1n) is 7.78. The fourth-order valence-electron chi connectivity index (χ4n) is 3.10. The summed E-state index contributed by atoms with van der Waals surface area (Å²) >= 11 is 0. The van der Waals surface area contributed by atoms with Crippen LogP contribution in [0.25, 0.3) is 0 Å². The van der Waals surface area contributed by atoms with Crippen molar-refractivity contribution in [2.24, 2.45) is 0 Å². The molecule has 23 heavy (non-hydrogen) atoms. The zero-order valence-electron chi connectivity index (χ0n) is 13.2. The van der Waals surface area contributed by atoms with E-state index in [1.807, 2.05) is 0 Å². The fraction of sp³-hybridized carbons (Fsp3) is 0.600. The molecule has 8 nitrogen and oxygen atoms in total. The van der Waals surface area contributed by atoms with Crippen molar-refractivity contribution in [3.63, 3.8) is 0 Å². The molecule has 0 bridgehead atoms. The van der Waals surface area contributed by atoms with Crippen molar-refractivity contribution < 1.29 is 15.0 Å². The first kappa shape index (κ1) is 17.1. The average molecular weight is 323 g/mol. The predicted octanol–water partition coefficient (Wildman–Crippen LogP) is 3.07. The Bertz CT molecular complexity index is 610. The van der Waals surface area contributed by atoms with E-state index in [1.54, 1.807) is 4.90 Å². The summed E-state index contributed by atoms with van der Waals surface area (Å²) in [7, 11) is 0. The number of aliphatic hydroxyl groups is 1. The van der Waals surface area contributed by atoms with Crippen LogP contribution in [-0.4, -0.2) is 28.0 Å². The second kappa shape index (κ2) is 7.36. The molecule has 2 rings (SSSR count). The van der Waals surface area contributed by atoms with Crippen LogP contribution in [0.5, 0.6) is 0 Å². The number of nitro benzene ring substituents is 2. The van der Waals surface area contributed by atoms with Crippen LogP contribution in [0.4, 0.5) is 17.1 Å². The van der Waals surface area contributed by atoms with E-state index in [2.05, 4.69) is 0 Å². The van der Waals surface area contributed by atoms with Gasteiger partial charge in [-0.2, -0.15) is 0 Å². The van der Waals surface area contributed by atoms with Crippen LogP contribution in [-0.2, 0) is 6.61 Å². The molecule has 1 aromatic carbocycles. The van der Waals surface area contributed by atoms with Gasteiger partial charge in [0.2, 0.25) is 0 Å². The van der Waals surface area contributed by atoms with Crippen molar-refractivity contribution in [3.8, 4) is 0 Å². The molecule has 0 radical (unpaired) electrons. The van der Waals surface area contributed by atoms with Gasteiger partial charge in [0.25, 0.3) is 5.69 Å². The highest BCUT2D eigenvalue weighted by Crippen LogP contribution is 2.42. The van der Waals surface area contributed by atoms with Gasteiger partial charge >= 0.3 is 5.69 Å². The lowest BCUT2D eigenvalue weighted by Gasteiger charge is -2.27. The van der Waals surface area contributed by atoms with E-state index in [0.717, 1.165) is 32.1 Å². The number of aliphatic hydroxyl groups excluding tert-OH is 1. The topological polar surface area (TPSA) is 110 Å². The minimum Gasteiger partial charge on any atom is -0.392 e. The molecule has 126 valence electrons. The van der Waals surface area contributed by atoms with Gasteiger partial charge in [-0.1, -0.05) is 19.3 Å². The molecule has 1 heterocycles. The molecule has 1 saturated heterocycles. The minimum atomic E-state index is -0.598. The zero-order valence-corrected chi connectivity index (χ0v) is 13.2. The summed E-state index contributed by atoms with van der Waals surface area (Å²) in [6, 6.07) is 1.26. The molecular formula is C15H21N3O5. The molecule has 1 aliphatic heterocycles. The molecule has 8 heteroatoms. The van der Waals surface area contributed by atoms with Crippen LogP contribution in [0, 0.1) is 27.2 Å². The van der Waals surface area contributed by atoms with Gasteiger partial charge in [-0.15, -0.1) is 0 Å². The molecule has 1 fully saturated rings. The van der Waals surface area contributed by atoms with Crippen molar-refractivity contribution in [1.82, 2.24) is 0 Å². The lowest BCUT2D eigenvalue weighted by atomic mass is 10.0. The summed E-state index contributed by atoms with van der Waals surface area (Å²) in [6.07, 6.45) is 4.88. The molecule has 1 aliphatic rings. The van der Waals surface area contributed by atoms with Crippen molar-refractivity contribution in [3.05, 3.63) is 37.4 Å². The van der Waals surface area contributed by atoms with Crippen LogP contribution in [0.15, 0.2) is 6.07 Å². The summed E-state index contributed by atoms with van der Waals surface area (Å²) in [6.45, 7) is 2.20. The number of benzene rings is 1. The highest BCUT2D eigenvalue weighted by atomic mass is 16.6. The molecule has 0 unspecified atom stereocenters. The number of rotatable bonds is 4. The van der Waals surface area contributed by atoms with Gasteiger partial charge in [0.05, 0.1) is 16.5 Å². The number of hydrogen-bond acceptors (Lipinski definition) is 6. The third-order valence-corrected chi connectivity index (χ3v) is 4.34. The van der Waals surface area contributed by atoms with E-state index in [1.165, 1.54) is 13.0 Å². The number of nitro groups is 2. The number of anilines is 1. The minimum absolute atomic E-state index is 0.0802. The SMILES string of the molecule is Cc1c(CO)cc([N+](=O)[O-])c(N2CCCCCCC2)c1[N+](=O)[O-]. The van der Waals surface area contributed by atoms with Crippen LogP contribution in [0.2, 0.25) is 0 Å². The first-order chi connectivity index (χ1) is 11.0. The fourth-order valence-corrected chi connectivity index (χ4v) is 3.10. The molecule has 0 saturated carbocycles. The second-order valence-corrected chi connectivity index (χ2v) is 5.80. The van der Waals surface area contributed by atoms with Crippen molar-refractivity contribution in [1.29, 1.82) is 0 Å². The first-order valence-corrected chi connectivity index (χ1v) is 7.78. The molecule has 0 amide bonds. The van der Waals surface area contributed by atoms with Gasteiger partial charge in [-0.25, -0.2) is 0 Å². The van der Waals surface area contributed by atoms with Gasteiger partial charge in [-0.3, -0.25) is 20.2 Å². The van der Waals surface area contributed by atoms with Crippen LogP contribution in [0.1, 0.15) is 43.2 Å². The molecule has 0 aromatic heterocycles. The molecule has 0 aliphatic carbocycles. The molecule has 1 aromatic rings. The lowest BCUT2D eigenvalue weighted by Crippen LogP contribution is -2.29. The van der Waals surface area contributed by atoms with Crippen molar-refractivity contribution in [2.45, 2.75) is 45.6 Å². The van der Waals surface area contributed by atoms with E-state index < -0.39 is 16.5 Å². The van der Waals surface area contributed by atoms with E-state index in [4.69, 9.17) is 0 Å². The van der Waals surface area contributed by atoms with Crippen molar-refractivity contribution >= 4 is 17.1 Å². The average Bonchev–Trinajstić information content (AvgIpc) is 2.45. The Morgan fingerprint density at radius 3 is 2.13 bits per heavy atom. The van der Waals surface area contributed by atoms with Crippen LogP contribution >= 0.6 is 0 Å². The van der Waals surface area contributed by atoms with Gasteiger partial charge in [0, 0.05) is 24.7 Å². The van der Waals surface area contributed by atoms with E-state index >= 15 is 0 Å². The monoisotopic (exact) mass is 323 g/mol. The highest BCUT2D eigenvalue weighted by molar-refractivity contribution is 5.79. The van der Waals surface area contributed by atoms with Gasteiger partial charge in [0.1, 0.15) is 0 Å². The molecule has 1 N–H and O–H groups in total. The predicted molar refractivity (Wildman–Crippen MR) is 85.7 cm³/mol. The molecule has 0 atom stereocenters. The van der Waals surface area contributed by atoms with Crippen molar-refractivity contribution in [2.75, 3.05) is 18.0 Å². The second-order valence-electron chi connectivity index (χ2n) is 5.80. The Balaban J connectivity index is 2.64. The van der Waals surface area contributed by atoms with E-state index in [9.17, 15) is 25.3 Å². The third kappa shape index (κ3) is 3.58. The largest absolute Gasteiger partial charge is 0.392 e. The Hall–Kier alpha value is -2.22. The normalized spacial score (nSPS) is 15.8. The van der Waals surface area contributed by atoms with Gasteiger partial charge in [0.15, 0.2) is 5.69 Å². The maximum Gasteiger partial charge on any atom is 0.302 e. The van der Waals surface area contributed by atoms with Gasteiger partial charge < -0.3 is 10.0 Å².